The highest BCUT2D eigenvalue weighted by Crippen LogP contribution is 2.29. The first-order valence-electron chi connectivity index (χ1n) is 17.5. The lowest BCUT2D eigenvalue weighted by Gasteiger charge is -2.27. The Labute approximate surface area is 287 Å². The van der Waals surface area contributed by atoms with Crippen LogP contribution in [0.25, 0.3) is 12.2 Å². The molecule has 0 bridgehead atoms. The molecule has 2 aromatic carbocycles. The van der Waals surface area contributed by atoms with Gasteiger partial charge in [0.25, 0.3) is 0 Å². The van der Waals surface area contributed by atoms with E-state index < -0.39 is 0 Å². The van der Waals surface area contributed by atoms with Crippen molar-refractivity contribution in [3.8, 4) is 0 Å². The number of hydrogen-bond donors (Lipinski definition) is 1. The summed E-state index contributed by atoms with van der Waals surface area (Å²) in [6, 6.07) is 16.3. The first-order valence-corrected chi connectivity index (χ1v) is 17.5. The summed E-state index contributed by atoms with van der Waals surface area (Å²) >= 11 is 0. The number of nitrogens with one attached hydrogen (secondary N) is 1. The Morgan fingerprint density at radius 1 is 0.604 bits per heavy atom. The molecule has 0 aromatic heterocycles. The fourth-order valence-electron chi connectivity index (χ4n) is 5.18. The Hall–Kier alpha value is -3.12. The number of rotatable bonds is 27. The second kappa shape index (κ2) is 25.8. The fourth-order valence-corrected chi connectivity index (χ4v) is 5.18. The number of para-hydroxylation sites is 1. The Morgan fingerprint density at radius 2 is 1.17 bits per heavy atom. The minimum atomic E-state index is 0.0226. The molecule has 0 fully saturated rings. The molecular weight excluding hydrogens is 612 g/mol. The summed E-state index contributed by atoms with van der Waals surface area (Å²) in [4.78, 5) is 27.0. The molecule has 48 heavy (non-hydrogen) atoms. The van der Waals surface area contributed by atoms with Gasteiger partial charge in [0.1, 0.15) is 0 Å². The smallest absolute Gasteiger partial charge is 0.227 e. The monoisotopic (exact) mass is 668 g/mol. The zero-order valence-electron chi connectivity index (χ0n) is 28.8. The lowest BCUT2D eigenvalue weighted by Crippen LogP contribution is -2.31. The van der Waals surface area contributed by atoms with Crippen molar-refractivity contribution in [2.24, 2.45) is 0 Å². The number of benzene rings is 2. The van der Waals surface area contributed by atoms with E-state index in [0.29, 0.717) is 92.0 Å². The standard InChI is InChI=1S/C38H56N2O8/c1-43-21-10-3-2-9-20-39-37(41)19-23-45-25-27-47-29-31-48-30-28-46-26-24-44-22-11-8-16-38(42)40-32-35-14-5-4-12-33(35)17-18-34-13-6-7-15-36(34)40/h4-7,12-15,17-18H,2-3,8-11,16,19-32H2,1H3,(H,39,41)/b18-17-. The number of anilines is 1. The van der Waals surface area contributed by atoms with Crippen molar-refractivity contribution in [2.75, 3.05) is 91.2 Å². The Balaban J connectivity index is 1.08. The third-order valence-electron chi connectivity index (χ3n) is 7.84. The van der Waals surface area contributed by atoms with Crippen LogP contribution >= 0.6 is 0 Å². The molecule has 2 amide bonds. The van der Waals surface area contributed by atoms with Crippen LogP contribution in [0.4, 0.5) is 5.69 Å². The molecule has 0 saturated heterocycles. The van der Waals surface area contributed by atoms with Gasteiger partial charge in [-0.1, -0.05) is 67.5 Å². The number of carbonyl (C=O) groups is 2. The second-order valence-corrected chi connectivity index (χ2v) is 11.6. The van der Waals surface area contributed by atoms with Crippen molar-refractivity contribution in [3.63, 3.8) is 0 Å². The van der Waals surface area contributed by atoms with E-state index in [1.165, 1.54) is 0 Å². The van der Waals surface area contributed by atoms with Crippen LogP contribution in [0.3, 0.4) is 0 Å². The van der Waals surface area contributed by atoms with Crippen molar-refractivity contribution in [2.45, 2.75) is 57.9 Å². The summed E-state index contributed by atoms with van der Waals surface area (Å²) < 4.78 is 32.8. The molecule has 0 radical (unpaired) electrons. The minimum absolute atomic E-state index is 0.0226. The van der Waals surface area contributed by atoms with Gasteiger partial charge >= 0.3 is 0 Å². The number of nitrogens with zero attached hydrogens (tertiary/aromatic N) is 1. The first-order chi connectivity index (χ1) is 23.7. The minimum Gasteiger partial charge on any atom is -0.385 e. The molecular formula is C38H56N2O8. The maximum atomic E-state index is 13.3. The molecule has 266 valence electrons. The van der Waals surface area contributed by atoms with Crippen LogP contribution < -0.4 is 10.2 Å². The maximum Gasteiger partial charge on any atom is 0.227 e. The average Bonchev–Trinajstić information content (AvgIpc) is 3.09. The molecule has 3 rings (SSSR count). The van der Waals surface area contributed by atoms with Crippen LogP contribution in [0.1, 0.15) is 68.1 Å². The van der Waals surface area contributed by atoms with Crippen LogP contribution in [0, 0.1) is 0 Å². The predicted molar refractivity (Wildman–Crippen MR) is 189 cm³/mol. The number of amides is 2. The van der Waals surface area contributed by atoms with Gasteiger partial charge in [0.2, 0.25) is 11.8 Å². The van der Waals surface area contributed by atoms with Gasteiger partial charge in [-0.2, -0.15) is 0 Å². The zero-order chi connectivity index (χ0) is 33.9. The van der Waals surface area contributed by atoms with Crippen molar-refractivity contribution < 1.29 is 38.0 Å². The summed E-state index contributed by atoms with van der Waals surface area (Å²) in [7, 11) is 1.71. The summed E-state index contributed by atoms with van der Waals surface area (Å²) in [5.74, 6) is 0.150. The highest BCUT2D eigenvalue weighted by molar-refractivity contribution is 5.97. The quantitative estimate of drug-likeness (QED) is 0.122. The van der Waals surface area contributed by atoms with E-state index in [1.54, 1.807) is 7.11 Å². The van der Waals surface area contributed by atoms with Crippen molar-refractivity contribution in [3.05, 3.63) is 65.2 Å². The lowest BCUT2D eigenvalue weighted by atomic mass is 10.0. The molecule has 1 aliphatic rings. The van der Waals surface area contributed by atoms with Crippen molar-refractivity contribution >= 4 is 29.7 Å². The average molecular weight is 669 g/mol. The van der Waals surface area contributed by atoms with Gasteiger partial charge < -0.3 is 38.6 Å². The molecule has 0 unspecified atom stereocenters. The summed E-state index contributed by atoms with van der Waals surface area (Å²) in [6.45, 7) is 6.94. The van der Waals surface area contributed by atoms with E-state index in [-0.39, 0.29) is 11.8 Å². The largest absolute Gasteiger partial charge is 0.385 e. The van der Waals surface area contributed by atoms with Crippen LogP contribution in [0.15, 0.2) is 48.5 Å². The normalized spacial score (nSPS) is 13.0. The molecule has 10 heteroatoms. The predicted octanol–water partition coefficient (Wildman–Crippen LogP) is 5.67. The highest BCUT2D eigenvalue weighted by Gasteiger charge is 2.20. The first kappa shape index (κ1) is 39.3. The van der Waals surface area contributed by atoms with Gasteiger partial charge in [0.05, 0.1) is 71.7 Å². The SMILES string of the molecule is COCCCCCCNC(=O)CCOCCOCCOCCOCCOCCCCC(=O)N1Cc2ccccc2/C=C\c2ccccc21. The van der Waals surface area contributed by atoms with Crippen LogP contribution in [-0.4, -0.2) is 98.1 Å². The molecule has 0 aliphatic carbocycles. The summed E-state index contributed by atoms with van der Waals surface area (Å²) in [5.41, 5.74) is 4.29. The molecule has 0 saturated carbocycles. The van der Waals surface area contributed by atoms with Gasteiger partial charge in [-0.3, -0.25) is 9.59 Å². The van der Waals surface area contributed by atoms with Gasteiger partial charge in [0, 0.05) is 39.7 Å². The van der Waals surface area contributed by atoms with Crippen molar-refractivity contribution in [1.29, 1.82) is 0 Å². The fraction of sp³-hybridized carbons (Fsp3) is 0.579. The van der Waals surface area contributed by atoms with Gasteiger partial charge in [-0.15, -0.1) is 0 Å². The molecule has 1 aliphatic heterocycles. The molecule has 1 heterocycles. The summed E-state index contributed by atoms with van der Waals surface area (Å²) in [6.07, 6.45) is 10.9. The molecule has 1 N–H and O–H groups in total. The number of ether oxygens (including phenoxy) is 6. The number of hydrogen-bond acceptors (Lipinski definition) is 8. The van der Waals surface area contributed by atoms with Gasteiger partial charge in [0.15, 0.2) is 0 Å². The Morgan fingerprint density at radius 3 is 1.88 bits per heavy atom. The lowest BCUT2D eigenvalue weighted by molar-refractivity contribution is -0.122. The van der Waals surface area contributed by atoms with E-state index in [1.807, 2.05) is 35.2 Å². The van der Waals surface area contributed by atoms with E-state index in [4.69, 9.17) is 28.4 Å². The zero-order valence-corrected chi connectivity index (χ0v) is 28.8. The molecule has 2 aromatic rings. The molecule has 0 atom stereocenters. The van der Waals surface area contributed by atoms with E-state index in [9.17, 15) is 9.59 Å². The summed E-state index contributed by atoms with van der Waals surface area (Å²) in [5, 5.41) is 2.92. The maximum absolute atomic E-state index is 13.3. The van der Waals surface area contributed by atoms with Crippen molar-refractivity contribution in [1.82, 2.24) is 5.32 Å². The third kappa shape index (κ3) is 16.8. The number of unbranched alkanes of at least 4 members (excludes halogenated alkanes) is 4. The number of fused-ring (bicyclic) bond motifs is 2. The topological polar surface area (TPSA) is 105 Å². The van der Waals surface area contributed by atoms with Crippen LogP contribution in [-0.2, 0) is 44.6 Å². The number of carbonyl (C=O) groups excluding carboxylic acids is 2. The molecule has 0 spiro atoms. The van der Waals surface area contributed by atoms with E-state index >= 15 is 0 Å². The second-order valence-electron chi connectivity index (χ2n) is 11.6. The van der Waals surface area contributed by atoms with Gasteiger partial charge in [-0.25, -0.2) is 0 Å². The van der Waals surface area contributed by atoms with E-state index in [2.05, 4.69) is 35.7 Å². The number of methoxy groups -OCH3 is 1. The van der Waals surface area contributed by atoms with Crippen LogP contribution in [0.5, 0.6) is 0 Å². The third-order valence-corrected chi connectivity index (χ3v) is 7.84. The van der Waals surface area contributed by atoms with Crippen LogP contribution in [0.2, 0.25) is 0 Å². The highest BCUT2D eigenvalue weighted by atomic mass is 16.6. The Bertz CT molecular complexity index is 1190. The Kier molecular flexibility index (Phi) is 21.2. The van der Waals surface area contributed by atoms with E-state index in [0.717, 1.165) is 67.5 Å². The van der Waals surface area contributed by atoms with Gasteiger partial charge in [-0.05, 0) is 48.4 Å². The molecule has 10 nitrogen and oxygen atoms in total.